The number of aliphatic carboxylic acids is 1. The third-order valence-electron chi connectivity index (χ3n) is 7.44. The smallest absolute Gasteiger partial charge is 0.341 e. The summed E-state index contributed by atoms with van der Waals surface area (Å²) >= 11 is 0. The van der Waals surface area contributed by atoms with Crippen LogP contribution in [0.15, 0.2) is 109 Å². The van der Waals surface area contributed by atoms with Gasteiger partial charge in [-0.15, -0.1) is 0 Å². The quantitative estimate of drug-likeness (QED) is 0.241. The van der Waals surface area contributed by atoms with Gasteiger partial charge in [-0.3, -0.25) is 4.79 Å². The molecule has 5 rings (SSSR count). The topological polar surface area (TPSA) is 66.8 Å². The monoisotopic (exact) mass is 519 g/mol. The van der Waals surface area contributed by atoms with Crippen molar-refractivity contribution in [2.24, 2.45) is 0 Å². The van der Waals surface area contributed by atoms with E-state index in [1.807, 2.05) is 83.8 Å². The van der Waals surface area contributed by atoms with E-state index in [-0.39, 0.29) is 24.5 Å². The first kappa shape index (κ1) is 26.2. The highest BCUT2D eigenvalue weighted by Crippen LogP contribution is 2.40. The maximum absolute atomic E-state index is 14.2. The molecule has 0 fully saturated rings. The number of carbonyl (C=O) groups excluding carboxylic acids is 1. The standard InChI is InChI=1S/C34H33NO4/c36-32(23-22-25-16-10-20-30-29(25)19-11-21-31(30)39-24-33(37)38)35(28-17-8-3-9-18-28)34(26-12-4-1-5-13-26)27-14-6-2-7-15-27/h1-9,11-15,17-19,21,25,34H,10,16,20,22-24H2,(H,37,38). The lowest BCUT2D eigenvalue weighted by Gasteiger charge is -2.34. The molecule has 198 valence electrons. The third-order valence-corrected chi connectivity index (χ3v) is 7.44. The summed E-state index contributed by atoms with van der Waals surface area (Å²) in [6, 6.07) is 35.9. The van der Waals surface area contributed by atoms with Crippen LogP contribution in [0.4, 0.5) is 5.69 Å². The molecule has 0 saturated carbocycles. The van der Waals surface area contributed by atoms with Crippen LogP contribution in [0.1, 0.15) is 59.9 Å². The van der Waals surface area contributed by atoms with E-state index in [1.165, 1.54) is 5.56 Å². The van der Waals surface area contributed by atoms with Gasteiger partial charge in [-0.05, 0) is 72.1 Å². The fraction of sp³-hybridized carbons (Fsp3) is 0.235. The molecule has 5 nitrogen and oxygen atoms in total. The van der Waals surface area contributed by atoms with Crippen LogP contribution in [0.2, 0.25) is 0 Å². The van der Waals surface area contributed by atoms with Gasteiger partial charge >= 0.3 is 5.97 Å². The Bertz CT molecular complexity index is 1350. The Morgan fingerprint density at radius 1 is 0.821 bits per heavy atom. The van der Waals surface area contributed by atoms with Crippen molar-refractivity contribution < 1.29 is 19.4 Å². The summed E-state index contributed by atoms with van der Waals surface area (Å²) in [7, 11) is 0. The average molecular weight is 520 g/mol. The Morgan fingerprint density at radius 3 is 2.05 bits per heavy atom. The van der Waals surface area contributed by atoms with E-state index < -0.39 is 5.97 Å². The van der Waals surface area contributed by atoms with Gasteiger partial charge in [0.2, 0.25) is 5.91 Å². The molecule has 0 spiro atoms. The number of nitrogens with zero attached hydrogens (tertiary/aromatic N) is 1. The number of hydrogen-bond donors (Lipinski definition) is 1. The Morgan fingerprint density at radius 2 is 1.44 bits per heavy atom. The molecule has 39 heavy (non-hydrogen) atoms. The third kappa shape index (κ3) is 6.20. The molecule has 0 aromatic heterocycles. The van der Waals surface area contributed by atoms with E-state index in [1.54, 1.807) is 0 Å². The van der Waals surface area contributed by atoms with E-state index in [2.05, 4.69) is 30.3 Å². The van der Waals surface area contributed by atoms with E-state index in [9.17, 15) is 9.59 Å². The fourth-order valence-electron chi connectivity index (χ4n) is 5.69. The molecule has 0 aliphatic heterocycles. The Balaban J connectivity index is 1.43. The number of rotatable bonds is 10. The zero-order valence-corrected chi connectivity index (χ0v) is 21.9. The number of amides is 1. The Labute approximate surface area is 229 Å². The van der Waals surface area contributed by atoms with Crippen molar-refractivity contribution in [2.75, 3.05) is 11.5 Å². The predicted molar refractivity (Wildman–Crippen MR) is 153 cm³/mol. The average Bonchev–Trinajstić information content (AvgIpc) is 2.98. The summed E-state index contributed by atoms with van der Waals surface area (Å²) in [4.78, 5) is 27.2. The summed E-state index contributed by atoms with van der Waals surface area (Å²) in [6.45, 7) is -0.355. The number of ether oxygens (including phenoxy) is 1. The van der Waals surface area contributed by atoms with Crippen LogP contribution < -0.4 is 9.64 Å². The minimum Gasteiger partial charge on any atom is -0.482 e. The summed E-state index contributed by atoms with van der Waals surface area (Å²) < 4.78 is 5.59. The van der Waals surface area contributed by atoms with Crippen molar-refractivity contribution in [3.05, 3.63) is 131 Å². The minimum atomic E-state index is -0.988. The summed E-state index contributed by atoms with van der Waals surface area (Å²) in [6.07, 6.45) is 3.95. The van der Waals surface area contributed by atoms with Gasteiger partial charge in [0.25, 0.3) is 0 Å². The Hall–Kier alpha value is -4.38. The molecule has 0 bridgehead atoms. The van der Waals surface area contributed by atoms with E-state index in [0.29, 0.717) is 18.6 Å². The first-order valence-corrected chi connectivity index (χ1v) is 13.5. The zero-order valence-electron chi connectivity index (χ0n) is 21.9. The molecule has 1 unspecified atom stereocenters. The number of benzene rings is 4. The van der Waals surface area contributed by atoms with Gasteiger partial charge in [-0.2, -0.15) is 0 Å². The van der Waals surface area contributed by atoms with Crippen molar-refractivity contribution in [2.45, 2.75) is 44.1 Å². The highest BCUT2D eigenvalue weighted by atomic mass is 16.5. The van der Waals surface area contributed by atoms with Crippen LogP contribution in [-0.2, 0) is 16.0 Å². The molecule has 0 radical (unpaired) electrons. The van der Waals surface area contributed by atoms with Crippen molar-refractivity contribution in [3.8, 4) is 5.75 Å². The molecule has 4 aromatic rings. The number of fused-ring (bicyclic) bond motifs is 1. The zero-order chi connectivity index (χ0) is 27.0. The molecule has 1 amide bonds. The maximum atomic E-state index is 14.2. The minimum absolute atomic E-state index is 0.0734. The van der Waals surface area contributed by atoms with Crippen molar-refractivity contribution >= 4 is 17.6 Å². The van der Waals surface area contributed by atoms with Gasteiger partial charge in [-0.25, -0.2) is 4.79 Å². The molecular formula is C34H33NO4. The van der Waals surface area contributed by atoms with Gasteiger partial charge in [-0.1, -0.05) is 91.0 Å². The van der Waals surface area contributed by atoms with Crippen molar-refractivity contribution in [1.82, 2.24) is 0 Å². The highest BCUT2D eigenvalue weighted by molar-refractivity contribution is 5.95. The molecule has 0 saturated heterocycles. The second-order valence-corrected chi connectivity index (χ2v) is 9.96. The molecule has 1 aliphatic rings. The van der Waals surface area contributed by atoms with Crippen molar-refractivity contribution in [3.63, 3.8) is 0 Å². The second kappa shape index (κ2) is 12.4. The van der Waals surface area contributed by atoms with E-state index >= 15 is 0 Å². The van der Waals surface area contributed by atoms with E-state index in [4.69, 9.17) is 9.84 Å². The fourth-order valence-corrected chi connectivity index (χ4v) is 5.69. The maximum Gasteiger partial charge on any atom is 0.341 e. The van der Waals surface area contributed by atoms with Gasteiger partial charge in [0.05, 0.1) is 6.04 Å². The largest absolute Gasteiger partial charge is 0.482 e. The summed E-state index contributed by atoms with van der Waals surface area (Å²) in [5, 5.41) is 9.06. The lowest BCUT2D eigenvalue weighted by atomic mass is 9.80. The number of carbonyl (C=O) groups is 2. The SMILES string of the molecule is O=C(O)COc1cccc2c1CCCC2CCC(=O)N(c1ccccc1)C(c1ccccc1)c1ccccc1. The first-order chi connectivity index (χ1) is 19.1. The van der Waals surface area contributed by atoms with Crippen LogP contribution in [0.25, 0.3) is 0 Å². The number of para-hydroxylation sites is 1. The molecule has 4 aromatic carbocycles. The lowest BCUT2D eigenvalue weighted by Crippen LogP contribution is -2.36. The Kier molecular flexibility index (Phi) is 8.37. The van der Waals surface area contributed by atoms with Gasteiger partial charge in [0.15, 0.2) is 6.61 Å². The molecule has 1 N–H and O–H groups in total. The molecule has 0 heterocycles. The van der Waals surface area contributed by atoms with Crippen LogP contribution in [0.5, 0.6) is 5.75 Å². The number of hydrogen-bond acceptors (Lipinski definition) is 3. The lowest BCUT2D eigenvalue weighted by molar-refractivity contribution is -0.139. The predicted octanol–water partition coefficient (Wildman–Crippen LogP) is 7.17. The van der Waals surface area contributed by atoms with Crippen LogP contribution in [0, 0.1) is 0 Å². The number of anilines is 1. The van der Waals surface area contributed by atoms with Gasteiger partial charge < -0.3 is 14.7 Å². The number of carboxylic acid groups (broad SMARTS) is 1. The van der Waals surface area contributed by atoms with Crippen LogP contribution in [-0.4, -0.2) is 23.6 Å². The summed E-state index contributed by atoms with van der Waals surface area (Å²) in [5.74, 6) is -0.0529. The van der Waals surface area contributed by atoms with E-state index in [0.717, 1.165) is 41.6 Å². The molecular weight excluding hydrogens is 486 g/mol. The van der Waals surface area contributed by atoms with Gasteiger partial charge in [0, 0.05) is 12.1 Å². The molecule has 1 atom stereocenters. The second-order valence-electron chi connectivity index (χ2n) is 9.96. The molecule has 1 aliphatic carbocycles. The summed E-state index contributed by atoms with van der Waals surface area (Å²) in [5.41, 5.74) is 5.24. The van der Waals surface area contributed by atoms with Gasteiger partial charge in [0.1, 0.15) is 5.75 Å². The highest BCUT2D eigenvalue weighted by Gasteiger charge is 2.30. The number of carboxylic acids is 1. The van der Waals surface area contributed by atoms with Crippen molar-refractivity contribution in [1.29, 1.82) is 0 Å². The normalized spacial score (nSPS) is 14.4. The first-order valence-electron chi connectivity index (χ1n) is 13.5. The molecule has 5 heteroatoms. The van der Waals surface area contributed by atoms with Crippen LogP contribution >= 0.6 is 0 Å². The van der Waals surface area contributed by atoms with Crippen LogP contribution in [0.3, 0.4) is 0 Å².